The van der Waals surface area contributed by atoms with Crippen LogP contribution in [0.4, 0.5) is 23.7 Å². The standard InChI is InChI=1S/C23H30F3N3O3/c1-14-2-3-18(19(6-14)32-13-23(24,25)26)28-20(30)4-5-27-21(31)29-22-10-15-7-16(11-22)9-17(8-15)12-22/h2-3,6,15-17H,4-5,7-13H2,1H3,(H,28,30)(H2,27,29,31). The first kappa shape index (κ1) is 22.7. The highest BCUT2D eigenvalue weighted by atomic mass is 19.4. The summed E-state index contributed by atoms with van der Waals surface area (Å²) in [4.78, 5) is 24.7. The summed E-state index contributed by atoms with van der Waals surface area (Å²) in [7, 11) is 0. The molecule has 4 aliphatic carbocycles. The molecule has 1 aromatic carbocycles. The number of carbonyl (C=O) groups excluding carboxylic acids is 2. The first-order valence-electron chi connectivity index (χ1n) is 11.3. The van der Waals surface area contributed by atoms with Crippen molar-refractivity contribution in [3.8, 4) is 5.75 Å². The van der Waals surface area contributed by atoms with Gasteiger partial charge in [0.2, 0.25) is 5.91 Å². The summed E-state index contributed by atoms with van der Waals surface area (Å²) >= 11 is 0. The highest BCUT2D eigenvalue weighted by Gasteiger charge is 2.51. The summed E-state index contributed by atoms with van der Waals surface area (Å²) in [6.07, 6.45) is 2.52. The second kappa shape index (κ2) is 8.83. The molecule has 4 bridgehead atoms. The Labute approximate surface area is 185 Å². The molecule has 0 radical (unpaired) electrons. The van der Waals surface area contributed by atoms with E-state index in [1.54, 1.807) is 13.0 Å². The Kier molecular flexibility index (Phi) is 6.27. The van der Waals surface area contributed by atoms with Crippen LogP contribution >= 0.6 is 0 Å². The molecule has 9 heteroatoms. The Hall–Kier alpha value is -2.45. The summed E-state index contributed by atoms with van der Waals surface area (Å²) in [5.74, 6) is 1.70. The van der Waals surface area contributed by atoms with E-state index in [4.69, 9.17) is 4.74 Å². The van der Waals surface area contributed by atoms with E-state index in [2.05, 4.69) is 16.0 Å². The number of halogens is 3. The normalized spacial score (nSPS) is 28.3. The van der Waals surface area contributed by atoms with Crippen molar-refractivity contribution in [3.05, 3.63) is 23.8 Å². The molecule has 0 heterocycles. The molecule has 176 valence electrons. The van der Waals surface area contributed by atoms with E-state index in [9.17, 15) is 22.8 Å². The SMILES string of the molecule is Cc1ccc(NC(=O)CCNC(=O)NC23CC4CC(CC(C4)C2)C3)c(OCC(F)(F)F)c1. The predicted octanol–water partition coefficient (Wildman–Crippen LogP) is 4.53. The van der Waals surface area contributed by atoms with Crippen molar-refractivity contribution in [2.24, 2.45) is 17.8 Å². The number of rotatable bonds is 7. The number of anilines is 1. The highest BCUT2D eigenvalue weighted by Crippen LogP contribution is 2.55. The molecule has 0 aromatic heterocycles. The minimum Gasteiger partial charge on any atom is -0.482 e. The number of carbonyl (C=O) groups is 2. The Morgan fingerprint density at radius 3 is 2.31 bits per heavy atom. The zero-order valence-corrected chi connectivity index (χ0v) is 18.2. The van der Waals surface area contributed by atoms with Gasteiger partial charge in [0.25, 0.3) is 0 Å². The lowest BCUT2D eigenvalue weighted by atomic mass is 9.53. The van der Waals surface area contributed by atoms with E-state index in [0.717, 1.165) is 37.0 Å². The van der Waals surface area contributed by atoms with Crippen molar-refractivity contribution in [1.82, 2.24) is 10.6 Å². The van der Waals surface area contributed by atoms with Gasteiger partial charge in [-0.25, -0.2) is 4.79 Å². The van der Waals surface area contributed by atoms with E-state index in [1.807, 2.05) is 0 Å². The number of nitrogens with one attached hydrogen (secondary N) is 3. The van der Waals surface area contributed by atoms with E-state index in [1.165, 1.54) is 31.4 Å². The molecule has 0 unspecified atom stereocenters. The molecule has 4 fully saturated rings. The van der Waals surface area contributed by atoms with Crippen molar-refractivity contribution in [3.63, 3.8) is 0 Å². The van der Waals surface area contributed by atoms with Crippen molar-refractivity contribution in [1.29, 1.82) is 0 Å². The number of alkyl halides is 3. The molecule has 6 nitrogen and oxygen atoms in total. The van der Waals surface area contributed by atoms with Crippen LogP contribution < -0.4 is 20.7 Å². The Morgan fingerprint density at radius 2 is 1.72 bits per heavy atom. The Bertz CT molecular complexity index is 836. The van der Waals surface area contributed by atoms with Gasteiger partial charge < -0.3 is 20.7 Å². The maximum atomic E-state index is 12.5. The molecule has 0 spiro atoms. The minimum absolute atomic E-state index is 0.000875. The van der Waals surface area contributed by atoms with Gasteiger partial charge in [-0.3, -0.25) is 4.79 Å². The van der Waals surface area contributed by atoms with Crippen LogP contribution in [0.2, 0.25) is 0 Å². The van der Waals surface area contributed by atoms with Crippen molar-refractivity contribution < 1.29 is 27.5 Å². The Balaban J connectivity index is 1.24. The predicted molar refractivity (Wildman–Crippen MR) is 113 cm³/mol. The van der Waals surface area contributed by atoms with Crippen LogP contribution in [-0.4, -0.2) is 36.8 Å². The molecular weight excluding hydrogens is 423 g/mol. The van der Waals surface area contributed by atoms with Gasteiger partial charge in [0.15, 0.2) is 6.61 Å². The fourth-order valence-electron chi connectivity index (χ4n) is 6.06. The molecule has 4 saturated carbocycles. The van der Waals surface area contributed by atoms with Crippen LogP contribution in [0.3, 0.4) is 0 Å². The van der Waals surface area contributed by atoms with Gasteiger partial charge in [-0.1, -0.05) is 6.07 Å². The van der Waals surface area contributed by atoms with Gasteiger partial charge in [-0.05, 0) is 80.9 Å². The quantitative estimate of drug-likeness (QED) is 0.568. The van der Waals surface area contributed by atoms with Crippen molar-refractivity contribution >= 4 is 17.6 Å². The molecule has 0 aliphatic heterocycles. The second-order valence-corrected chi connectivity index (χ2v) is 9.78. The monoisotopic (exact) mass is 453 g/mol. The molecule has 3 N–H and O–H groups in total. The van der Waals surface area contributed by atoms with E-state index in [0.29, 0.717) is 5.56 Å². The highest BCUT2D eigenvalue weighted by molar-refractivity contribution is 5.92. The lowest BCUT2D eigenvalue weighted by Gasteiger charge is -2.56. The number of urea groups is 1. The zero-order chi connectivity index (χ0) is 22.9. The smallest absolute Gasteiger partial charge is 0.422 e. The third-order valence-corrected chi connectivity index (χ3v) is 6.86. The average Bonchev–Trinajstić information content (AvgIpc) is 2.66. The number of hydrogen-bond donors (Lipinski definition) is 3. The van der Waals surface area contributed by atoms with E-state index in [-0.39, 0.29) is 36.0 Å². The zero-order valence-electron chi connectivity index (χ0n) is 18.2. The van der Waals surface area contributed by atoms with Crippen LogP contribution in [-0.2, 0) is 4.79 Å². The summed E-state index contributed by atoms with van der Waals surface area (Å²) in [6.45, 7) is 0.415. The van der Waals surface area contributed by atoms with Crippen molar-refractivity contribution in [2.75, 3.05) is 18.5 Å². The van der Waals surface area contributed by atoms with E-state index >= 15 is 0 Å². The average molecular weight is 454 g/mol. The van der Waals surface area contributed by atoms with Crippen LogP contribution in [0.15, 0.2) is 18.2 Å². The van der Waals surface area contributed by atoms with Gasteiger partial charge in [-0.15, -0.1) is 0 Å². The van der Waals surface area contributed by atoms with E-state index < -0.39 is 18.7 Å². The summed E-state index contributed by atoms with van der Waals surface area (Å²) in [5, 5.41) is 8.51. The van der Waals surface area contributed by atoms with Gasteiger partial charge in [0, 0.05) is 18.5 Å². The first-order valence-corrected chi connectivity index (χ1v) is 11.3. The van der Waals surface area contributed by atoms with Gasteiger partial charge in [0.1, 0.15) is 5.75 Å². The molecule has 1 aromatic rings. The van der Waals surface area contributed by atoms with Gasteiger partial charge >= 0.3 is 12.2 Å². The molecule has 0 saturated heterocycles. The van der Waals surface area contributed by atoms with Crippen LogP contribution in [0.1, 0.15) is 50.5 Å². The van der Waals surface area contributed by atoms with Gasteiger partial charge in [0.05, 0.1) is 5.69 Å². The number of aryl methyl sites for hydroxylation is 1. The molecule has 5 rings (SSSR count). The number of hydrogen-bond acceptors (Lipinski definition) is 3. The number of ether oxygens (including phenoxy) is 1. The molecule has 32 heavy (non-hydrogen) atoms. The number of amides is 3. The first-order chi connectivity index (χ1) is 15.1. The molecular formula is C23H30F3N3O3. The molecule has 0 atom stereocenters. The van der Waals surface area contributed by atoms with Gasteiger partial charge in [-0.2, -0.15) is 13.2 Å². The fourth-order valence-corrected chi connectivity index (χ4v) is 6.06. The summed E-state index contributed by atoms with van der Waals surface area (Å²) in [6, 6.07) is 4.36. The maximum Gasteiger partial charge on any atom is 0.422 e. The topological polar surface area (TPSA) is 79.5 Å². The minimum atomic E-state index is -4.47. The van der Waals surface area contributed by atoms with Crippen LogP contribution in [0.5, 0.6) is 5.75 Å². The van der Waals surface area contributed by atoms with Crippen LogP contribution in [0.25, 0.3) is 0 Å². The summed E-state index contributed by atoms with van der Waals surface area (Å²) in [5.41, 5.74) is 0.777. The second-order valence-electron chi connectivity index (χ2n) is 9.78. The largest absolute Gasteiger partial charge is 0.482 e. The maximum absolute atomic E-state index is 12.5. The third kappa shape index (κ3) is 5.66. The lowest BCUT2D eigenvalue weighted by Crippen LogP contribution is -2.61. The summed E-state index contributed by atoms with van der Waals surface area (Å²) < 4.78 is 42.3. The van der Waals surface area contributed by atoms with Crippen molar-refractivity contribution in [2.45, 2.75) is 63.6 Å². The number of benzene rings is 1. The van der Waals surface area contributed by atoms with Crippen LogP contribution in [0, 0.1) is 24.7 Å². The Morgan fingerprint density at radius 1 is 1.09 bits per heavy atom. The lowest BCUT2D eigenvalue weighted by molar-refractivity contribution is -0.153. The molecule has 4 aliphatic rings. The fraction of sp³-hybridized carbons (Fsp3) is 0.652. The third-order valence-electron chi connectivity index (χ3n) is 6.86. The molecule has 3 amide bonds.